The number of carbonyl (C=O) groups is 3. The van der Waals surface area contributed by atoms with Crippen LogP contribution in [-0.2, 0) is 14.4 Å². The van der Waals surface area contributed by atoms with Crippen LogP contribution in [-0.4, -0.2) is 29.2 Å². The molecule has 7 heteroatoms. The Hall–Kier alpha value is -1.59. The molecular weight excluding hydrogens is 375 g/mol. The first-order valence-corrected chi connectivity index (χ1v) is 9.43. The molecule has 0 aromatic heterocycles. The molecule has 5 nitrogen and oxygen atoms in total. The molecule has 1 heterocycles. The van der Waals surface area contributed by atoms with E-state index in [1.54, 1.807) is 18.2 Å². The second-order valence-electron chi connectivity index (χ2n) is 7.90. The van der Waals surface area contributed by atoms with Gasteiger partial charge in [0.15, 0.2) is 0 Å². The summed E-state index contributed by atoms with van der Waals surface area (Å²) in [7, 11) is 0. The lowest BCUT2D eigenvalue weighted by Crippen LogP contribution is -2.59. The van der Waals surface area contributed by atoms with Crippen LogP contribution in [0.1, 0.15) is 40.0 Å². The largest absolute Gasteiger partial charge is 0.326 e. The van der Waals surface area contributed by atoms with Crippen LogP contribution in [0.4, 0.5) is 5.69 Å². The minimum atomic E-state index is -0.553. The van der Waals surface area contributed by atoms with Gasteiger partial charge in [-0.25, -0.2) is 0 Å². The van der Waals surface area contributed by atoms with Crippen molar-refractivity contribution >= 4 is 46.6 Å². The molecule has 2 unspecified atom stereocenters. The van der Waals surface area contributed by atoms with Crippen molar-refractivity contribution in [3.8, 4) is 0 Å². The van der Waals surface area contributed by atoms with Crippen molar-refractivity contribution in [3.63, 3.8) is 0 Å². The summed E-state index contributed by atoms with van der Waals surface area (Å²) in [4.78, 5) is 39.2. The number of nitrogens with zero attached hydrogens (tertiary/aromatic N) is 1. The normalized spacial score (nSPS) is 27.0. The predicted molar refractivity (Wildman–Crippen MR) is 101 cm³/mol. The first kappa shape index (κ1) is 19.2. The quantitative estimate of drug-likeness (QED) is 0.777. The van der Waals surface area contributed by atoms with Crippen LogP contribution in [0.15, 0.2) is 18.2 Å². The fraction of sp³-hybridized carbons (Fsp3) is 0.526. The third kappa shape index (κ3) is 3.01. The van der Waals surface area contributed by atoms with Crippen molar-refractivity contribution in [1.82, 2.24) is 4.90 Å². The number of hydrogen-bond donors (Lipinski definition) is 1. The van der Waals surface area contributed by atoms with Crippen LogP contribution in [0.25, 0.3) is 0 Å². The zero-order chi connectivity index (χ0) is 19.3. The number of likely N-dealkylation sites (tertiary alicyclic amines) is 1. The van der Waals surface area contributed by atoms with Gasteiger partial charge in [-0.3, -0.25) is 19.3 Å². The molecule has 1 aromatic carbocycles. The molecule has 1 aromatic rings. The smallest absolute Gasteiger partial charge is 0.235 e. The van der Waals surface area contributed by atoms with E-state index >= 15 is 0 Å². The number of anilines is 1. The van der Waals surface area contributed by atoms with Crippen LogP contribution in [0.3, 0.4) is 0 Å². The van der Waals surface area contributed by atoms with Crippen LogP contribution < -0.4 is 5.32 Å². The molecule has 1 aliphatic carbocycles. The molecule has 3 amide bonds. The molecule has 1 N–H and O–H groups in total. The Kier molecular flexibility index (Phi) is 4.82. The van der Waals surface area contributed by atoms with E-state index in [9.17, 15) is 14.4 Å². The van der Waals surface area contributed by atoms with Gasteiger partial charge >= 0.3 is 0 Å². The van der Waals surface area contributed by atoms with Crippen LogP contribution >= 0.6 is 23.2 Å². The Morgan fingerprint density at radius 3 is 2.42 bits per heavy atom. The highest BCUT2D eigenvalue weighted by Crippen LogP contribution is 2.60. The molecule has 2 bridgehead atoms. The van der Waals surface area contributed by atoms with E-state index in [0.717, 1.165) is 6.42 Å². The summed E-state index contributed by atoms with van der Waals surface area (Å²) in [6.45, 7) is 6.00. The lowest BCUT2D eigenvalue weighted by molar-refractivity contribution is -0.167. The monoisotopic (exact) mass is 396 g/mol. The highest BCUT2D eigenvalue weighted by Gasteiger charge is 2.64. The first-order chi connectivity index (χ1) is 12.1. The third-order valence-electron chi connectivity index (χ3n) is 6.22. The van der Waals surface area contributed by atoms with E-state index in [1.807, 2.05) is 20.8 Å². The number of hydrogen-bond acceptors (Lipinski definition) is 3. The second kappa shape index (κ2) is 6.54. The molecule has 140 valence electrons. The zero-order valence-electron chi connectivity index (χ0n) is 15.1. The highest BCUT2D eigenvalue weighted by atomic mass is 35.5. The maximum Gasteiger partial charge on any atom is 0.235 e. The molecule has 1 aliphatic heterocycles. The van der Waals surface area contributed by atoms with Crippen molar-refractivity contribution in [2.75, 3.05) is 11.9 Å². The maximum atomic E-state index is 12.9. The van der Waals surface area contributed by atoms with E-state index in [2.05, 4.69) is 5.32 Å². The Morgan fingerprint density at radius 1 is 1.19 bits per heavy atom. The first-order valence-electron chi connectivity index (χ1n) is 8.68. The second-order valence-corrected chi connectivity index (χ2v) is 8.77. The van der Waals surface area contributed by atoms with Gasteiger partial charge in [0.25, 0.3) is 0 Å². The van der Waals surface area contributed by atoms with E-state index in [0.29, 0.717) is 22.2 Å². The van der Waals surface area contributed by atoms with Crippen molar-refractivity contribution in [1.29, 1.82) is 0 Å². The lowest BCUT2D eigenvalue weighted by atomic mass is 9.62. The SMILES string of the molecule is CC12CCC(C(=O)N(CCC(=O)Nc3cc(Cl)cc(Cl)c3)C1=O)C2(C)C. The number of halogens is 2. The number of carbonyl (C=O) groups excluding carboxylic acids is 3. The summed E-state index contributed by atoms with van der Waals surface area (Å²) >= 11 is 11.8. The summed E-state index contributed by atoms with van der Waals surface area (Å²) in [5, 5.41) is 3.53. The number of imide groups is 1. The molecule has 0 spiro atoms. The molecule has 2 aliphatic rings. The standard InChI is InChI=1S/C19H22Cl2N2O3/c1-18(2)14-4-6-19(18,3)17(26)23(16(14)25)7-5-15(24)22-13-9-11(20)8-12(21)10-13/h8-10,14H,4-7H2,1-3H3,(H,22,24). The minimum absolute atomic E-state index is 0.0326. The summed E-state index contributed by atoms with van der Waals surface area (Å²) in [5.41, 5.74) is -0.419. The molecule has 1 saturated heterocycles. The van der Waals surface area contributed by atoms with Crippen molar-refractivity contribution in [2.45, 2.75) is 40.0 Å². The van der Waals surface area contributed by atoms with Gasteiger partial charge in [-0.1, -0.05) is 44.0 Å². The summed E-state index contributed by atoms with van der Waals surface area (Å²) in [5.74, 6) is -0.792. The Labute approximate surface area is 163 Å². The minimum Gasteiger partial charge on any atom is -0.326 e. The summed E-state index contributed by atoms with van der Waals surface area (Å²) in [6.07, 6.45) is 1.46. The van der Waals surface area contributed by atoms with Crippen molar-refractivity contribution < 1.29 is 14.4 Å². The molecular formula is C19H22Cl2N2O3. The van der Waals surface area contributed by atoms with Gasteiger partial charge in [0, 0.05) is 34.6 Å². The zero-order valence-corrected chi connectivity index (χ0v) is 16.6. The Balaban J connectivity index is 1.67. The Morgan fingerprint density at radius 2 is 1.81 bits per heavy atom. The summed E-state index contributed by atoms with van der Waals surface area (Å²) < 4.78 is 0. The summed E-state index contributed by atoms with van der Waals surface area (Å²) in [6, 6.07) is 4.75. The average molecular weight is 397 g/mol. The van der Waals surface area contributed by atoms with E-state index in [1.165, 1.54) is 4.90 Å². The highest BCUT2D eigenvalue weighted by molar-refractivity contribution is 6.35. The van der Waals surface area contributed by atoms with Gasteiger partial charge in [-0.2, -0.15) is 0 Å². The molecule has 2 fully saturated rings. The molecule has 0 radical (unpaired) electrons. The predicted octanol–water partition coefficient (Wildman–Crippen LogP) is 4.13. The molecule has 2 atom stereocenters. The fourth-order valence-electron chi connectivity index (χ4n) is 4.18. The number of nitrogens with one attached hydrogen (secondary N) is 1. The van der Waals surface area contributed by atoms with Crippen molar-refractivity contribution in [3.05, 3.63) is 28.2 Å². The number of fused-ring (bicyclic) bond motifs is 2. The van der Waals surface area contributed by atoms with Gasteiger partial charge in [0.05, 0.1) is 5.41 Å². The van der Waals surface area contributed by atoms with Crippen molar-refractivity contribution in [2.24, 2.45) is 16.7 Å². The maximum absolute atomic E-state index is 12.9. The molecule has 1 saturated carbocycles. The third-order valence-corrected chi connectivity index (χ3v) is 6.65. The number of piperidine rings is 1. The van der Waals surface area contributed by atoms with E-state index in [4.69, 9.17) is 23.2 Å². The molecule has 26 heavy (non-hydrogen) atoms. The molecule has 3 rings (SSSR count). The number of benzene rings is 1. The number of rotatable bonds is 4. The Bertz CT molecular complexity index is 773. The van der Waals surface area contributed by atoms with Crippen LogP contribution in [0.5, 0.6) is 0 Å². The van der Waals surface area contributed by atoms with Gasteiger partial charge in [-0.05, 0) is 36.5 Å². The van der Waals surface area contributed by atoms with E-state index in [-0.39, 0.29) is 42.0 Å². The topological polar surface area (TPSA) is 66.5 Å². The number of amides is 3. The van der Waals surface area contributed by atoms with E-state index < -0.39 is 5.41 Å². The van der Waals surface area contributed by atoms with Gasteiger partial charge in [0.1, 0.15) is 0 Å². The average Bonchev–Trinajstić information content (AvgIpc) is 2.70. The van der Waals surface area contributed by atoms with Gasteiger partial charge in [0.2, 0.25) is 17.7 Å². The van der Waals surface area contributed by atoms with Crippen LogP contribution in [0.2, 0.25) is 10.0 Å². The van der Waals surface area contributed by atoms with Crippen LogP contribution in [0, 0.1) is 16.7 Å². The fourth-order valence-corrected chi connectivity index (χ4v) is 4.70. The lowest BCUT2D eigenvalue weighted by Gasteiger charge is -2.47. The van der Waals surface area contributed by atoms with Gasteiger partial charge in [-0.15, -0.1) is 0 Å². The van der Waals surface area contributed by atoms with Gasteiger partial charge < -0.3 is 5.32 Å².